The molecule has 0 aliphatic carbocycles. The molecular formula is C13H15ClFN3O. The van der Waals surface area contributed by atoms with Gasteiger partial charge in [-0.1, -0.05) is 17.3 Å². The minimum absolute atomic E-state index is 0. The molecule has 0 bridgehead atoms. The summed E-state index contributed by atoms with van der Waals surface area (Å²) in [5.41, 5.74) is 0.390. The number of hydrogen-bond donors (Lipinski definition) is 1. The molecule has 1 aliphatic rings. The zero-order valence-electron chi connectivity index (χ0n) is 10.3. The molecule has 102 valence electrons. The predicted octanol–water partition coefficient (Wildman–Crippen LogP) is 2.76. The molecule has 0 atom stereocenters. The maximum absolute atomic E-state index is 13.6. The molecule has 1 aromatic heterocycles. The molecule has 0 saturated carbocycles. The van der Waals surface area contributed by atoms with Gasteiger partial charge < -0.3 is 9.84 Å². The number of nitrogens with zero attached hydrogens (tertiary/aromatic N) is 2. The molecule has 0 unspecified atom stereocenters. The van der Waals surface area contributed by atoms with Gasteiger partial charge in [0.2, 0.25) is 11.7 Å². The Hall–Kier alpha value is -1.46. The lowest BCUT2D eigenvalue weighted by Crippen LogP contribution is -2.26. The maximum Gasteiger partial charge on any atom is 0.230 e. The zero-order chi connectivity index (χ0) is 12.4. The summed E-state index contributed by atoms with van der Waals surface area (Å²) in [5, 5.41) is 7.16. The van der Waals surface area contributed by atoms with Crippen LogP contribution < -0.4 is 5.32 Å². The third kappa shape index (κ3) is 2.93. The lowest BCUT2D eigenvalue weighted by Gasteiger charge is -2.18. The molecule has 0 radical (unpaired) electrons. The van der Waals surface area contributed by atoms with Crippen LogP contribution in [0.25, 0.3) is 11.4 Å². The van der Waals surface area contributed by atoms with Crippen molar-refractivity contribution in [3.8, 4) is 11.4 Å². The molecule has 2 aromatic rings. The number of hydrogen-bond acceptors (Lipinski definition) is 4. The Morgan fingerprint density at radius 3 is 2.68 bits per heavy atom. The molecule has 1 N–H and O–H groups in total. The minimum Gasteiger partial charge on any atom is -0.339 e. The minimum atomic E-state index is -0.324. The molecule has 1 aliphatic heterocycles. The van der Waals surface area contributed by atoms with Gasteiger partial charge in [-0.2, -0.15) is 4.98 Å². The number of halogens is 2. The van der Waals surface area contributed by atoms with Gasteiger partial charge in [0.15, 0.2) is 0 Å². The van der Waals surface area contributed by atoms with E-state index in [-0.39, 0.29) is 18.2 Å². The quantitative estimate of drug-likeness (QED) is 0.921. The average molecular weight is 284 g/mol. The Morgan fingerprint density at radius 1 is 1.21 bits per heavy atom. The predicted molar refractivity (Wildman–Crippen MR) is 71.8 cm³/mol. The molecule has 0 spiro atoms. The van der Waals surface area contributed by atoms with Gasteiger partial charge in [0.05, 0.1) is 5.56 Å². The number of rotatable bonds is 2. The van der Waals surface area contributed by atoms with Gasteiger partial charge >= 0.3 is 0 Å². The molecule has 1 fully saturated rings. The second-order valence-electron chi connectivity index (χ2n) is 4.46. The van der Waals surface area contributed by atoms with Crippen molar-refractivity contribution in [3.05, 3.63) is 36.0 Å². The van der Waals surface area contributed by atoms with Crippen LogP contribution in [0.5, 0.6) is 0 Å². The van der Waals surface area contributed by atoms with Crippen LogP contribution >= 0.6 is 12.4 Å². The largest absolute Gasteiger partial charge is 0.339 e. The fourth-order valence-corrected chi connectivity index (χ4v) is 2.22. The summed E-state index contributed by atoms with van der Waals surface area (Å²) in [6, 6.07) is 6.47. The molecule has 19 heavy (non-hydrogen) atoms. The van der Waals surface area contributed by atoms with Crippen molar-refractivity contribution in [1.82, 2.24) is 15.5 Å². The van der Waals surface area contributed by atoms with E-state index in [1.165, 1.54) is 6.07 Å². The van der Waals surface area contributed by atoms with Gasteiger partial charge in [-0.05, 0) is 38.1 Å². The van der Waals surface area contributed by atoms with E-state index in [1.54, 1.807) is 18.2 Å². The van der Waals surface area contributed by atoms with Crippen molar-refractivity contribution in [2.75, 3.05) is 13.1 Å². The smallest absolute Gasteiger partial charge is 0.230 e. The Labute approximate surface area is 116 Å². The average Bonchev–Trinajstić information content (AvgIpc) is 2.90. The molecule has 2 heterocycles. The lowest BCUT2D eigenvalue weighted by atomic mass is 9.98. The van der Waals surface area contributed by atoms with Gasteiger partial charge in [-0.15, -0.1) is 12.4 Å². The second kappa shape index (κ2) is 6.12. The van der Waals surface area contributed by atoms with Crippen molar-refractivity contribution < 1.29 is 8.91 Å². The fraction of sp³-hybridized carbons (Fsp3) is 0.385. The van der Waals surface area contributed by atoms with E-state index in [0.717, 1.165) is 25.9 Å². The monoisotopic (exact) mass is 283 g/mol. The highest BCUT2D eigenvalue weighted by Crippen LogP contribution is 2.26. The van der Waals surface area contributed by atoms with Gasteiger partial charge in [0.1, 0.15) is 5.82 Å². The van der Waals surface area contributed by atoms with Crippen molar-refractivity contribution in [2.45, 2.75) is 18.8 Å². The summed E-state index contributed by atoms with van der Waals surface area (Å²) in [4.78, 5) is 4.32. The number of nitrogens with one attached hydrogen (secondary N) is 1. The number of piperidine rings is 1. The molecule has 6 heteroatoms. The molecule has 1 aromatic carbocycles. The SMILES string of the molecule is Cl.Fc1ccccc1-c1noc(C2CCNCC2)n1. The van der Waals surface area contributed by atoms with Crippen LogP contribution in [0.15, 0.2) is 28.8 Å². The van der Waals surface area contributed by atoms with Gasteiger partial charge in [0, 0.05) is 5.92 Å². The van der Waals surface area contributed by atoms with Crippen LogP contribution in [-0.4, -0.2) is 23.2 Å². The first-order chi connectivity index (χ1) is 8.84. The first-order valence-electron chi connectivity index (χ1n) is 6.14. The van der Waals surface area contributed by atoms with Crippen LogP contribution in [0.1, 0.15) is 24.7 Å². The third-order valence-electron chi connectivity index (χ3n) is 3.24. The molecule has 4 nitrogen and oxygen atoms in total. The van der Waals surface area contributed by atoms with Crippen LogP contribution in [0.2, 0.25) is 0 Å². The van der Waals surface area contributed by atoms with Crippen LogP contribution in [-0.2, 0) is 0 Å². The zero-order valence-corrected chi connectivity index (χ0v) is 11.1. The maximum atomic E-state index is 13.6. The summed E-state index contributed by atoms with van der Waals surface area (Å²) in [6.07, 6.45) is 1.97. The van der Waals surface area contributed by atoms with E-state index in [1.807, 2.05) is 0 Å². The van der Waals surface area contributed by atoms with E-state index >= 15 is 0 Å². The van der Waals surface area contributed by atoms with E-state index in [9.17, 15) is 4.39 Å². The first kappa shape index (κ1) is 14.0. The van der Waals surface area contributed by atoms with Crippen LogP contribution in [0.4, 0.5) is 4.39 Å². The molecule has 1 saturated heterocycles. The highest BCUT2D eigenvalue weighted by Gasteiger charge is 2.22. The van der Waals surface area contributed by atoms with Crippen molar-refractivity contribution in [3.63, 3.8) is 0 Å². The summed E-state index contributed by atoms with van der Waals surface area (Å²) >= 11 is 0. The van der Waals surface area contributed by atoms with Crippen LogP contribution in [0.3, 0.4) is 0 Å². The highest BCUT2D eigenvalue weighted by atomic mass is 35.5. The normalized spacial score (nSPS) is 16.1. The molecular weight excluding hydrogens is 269 g/mol. The number of benzene rings is 1. The summed E-state index contributed by atoms with van der Waals surface area (Å²) in [6.45, 7) is 1.92. The molecule has 0 amide bonds. The topological polar surface area (TPSA) is 51.0 Å². The Balaban J connectivity index is 0.00000133. The summed E-state index contributed by atoms with van der Waals surface area (Å²) < 4.78 is 18.9. The van der Waals surface area contributed by atoms with Gasteiger partial charge in [0.25, 0.3) is 0 Å². The first-order valence-corrected chi connectivity index (χ1v) is 6.14. The Kier molecular flexibility index (Phi) is 4.50. The van der Waals surface area contributed by atoms with E-state index in [4.69, 9.17) is 4.52 Å². The van der Waals surface area contributed by atoms with Gasteiger partial charge in [-0.25, -0.2) is 4.39 Å². The Morgan fingerprint density at radius 2 is 1.95 bits per heavy atom. The van der Waals surface area contributed by atoms with Crippen LogP contribution in [0, 0.1) is 5.82 Å². The van der Waals surface area contributed by atoms with Crippen molar-refractivity contribution in [2.24, 2.45) is 0 Å². The standard InChI is InChI=1S/C13H14FN3O.ClH/c14-11-4-2-1-3-10(11)12-16-13(18-17-12)9-5-7-15-8-6-9;/h1-4,9,15H,5-8H2;1H. The van der Waals surface area contributed by atoms with E-state index in [2.05, 4.69) is 15.5 Å². The Bertz CT molecular complexity index is 540. The fourth-order valence-electron chi connectivity index (χ4n) is 2.22. The number of aromatic nitrogens is 2. The third-order valence-corrected chi connectivity index (χ3v) is 3.24. The second-order valence-corrected chi connectivity index (χ2v) is 4.46. The highest BCUT2D eigenvalue weighted by molar-refractivity contribution is 5.85. The summed E-state index contributed by atoms with van der Waals surface area (Å²) in [5.74, 6) is 0.922. The van der Waals surface area contributed by atoms with Gasteiger partial charge in [-0.3, -0.25) is 0 Å². The molecule has 3 rings (SSSR count). The van der Waals surface area contributed by atoms with E-state index < -0.39 is 0 Å². The van der Waals surface area contributed by atoms with E-state index in [0.29, 0.717) is 23.2 Å². The lowest BCUT2D eigenvalue weighted by molar-refractivity contribution is 0.320. The van der Waals surface area contributed by atoms with Crippen molar-refractivity contribution in [1.29, 1.82) is 0 Å². The summed E-state index contributed by atoms with van der Waals surface area (Å²) in [7, 11) is 0. The van der Waals surface area contributed by atoms with Crippen molar-refractivity contribution >= 4 is 12.4 Å².